The number of nitrogens with one attached hydrogen (secondary N) is 2. The van der Waals surface area contributed by atoms with Crippen LogP contribution in [0.1, 0.15) is 37.8 Å². The van der Waals surface area contributed by atoms with E-state index in [4.69, 9.17) is 4.99 Å². The zero-order valence-corrected chi connectivity index (χ0v) is 17.7. The van der Waals surface area contributed by atoms with E-state index in [1.54, 1.807) is 0 Å². The van der Waals surface area contributed by atoms with E-state index in [0.717, 1.165) is 37.9 Å². The van der Waals surface area contributed by atoms with Crippen LogP contribution < -0.4 is 10.6 Å². The lowest BCUT2D eigenvalue weighted by atomic mass is 9.99. The first-order valence-corrected chi connectivity index (χ1v) is 9.00. The van der Waals surface area contributed by atoms with E-state index in [1.165, 1.54) is 37.1 Å². The fourth-order valence-electron chi connectivity index (χ4n) is 3.24. The van der Waals surface area contributed by atoms with Crippen molar-refractivity contribution >= 4 is 29.9 Å². The zero-order chi connectivity index (χ0) is 16.5. The molecule has 1 saturated heterocycles. The number of piperidine rings is 1. The van der Waals surface area contributed by atoms with E-state index in [-0.39, 0.29) is 24.0 Å². The SMILES string of the molecule is CCNC(=NCc1ccccc1CC)NCC1CCCN(C)C1.I. The summed E-state index contributed by atoms with van der Waals surface area (Å²) in [5.74, 6) is 1.66. The third kappa shape index (κ3) is 6.97. The van der Waals surface area contributed by atoms with Crippen LogP contribution in [0.4, 0.5) is 0 Å². The summed E-state index contributed by atoms with van der Waals surface area (Å²) in [6, 6.07) is 8.59. The number of nitrogens with zero attached hydrogens (tertiary/aromatic N) is 2. The predicted molar refractivity (Wildman–Crippen MR) is 114 cm³/mol. The highest BCUT2D eigenvalue weighted by Crippen LogP contribution is 2.14. The van der Waals surface area contributed by atoms with Crippen molar-refractivity contribution < 1.29 is 0 Å². The summed E-state index contributed by atoms with van der Waals surface area (Å²) in [5.41, 5.74) is 2.71. The molecule has 4 nitrogen and oxygen atoms in total. The summed E-state index contributed by atoms with van der Waals surface area (Å²) in [6.07, 6.45) is 3.68. The molecule has 0 saturated carbocycles. The number of halogens is 1. The molecule has 1 fully saturated rings. The number of hydrogen-bond donors (Lipinski definition) is 2. The standard InChI is InChI=1S/C19H32N4.HI/c1-4-17-10-6-7-11-18(17)14-22-19(20-5-2)21-13-16-9-8-12-23(3)15-16;/h6-7,10-11,16H,4-5,8-9,12-15H2,1-3H3,(H2,20,21,22);1H. The molecule has 1 aromatic rings. The third-order valence-corrected chi connectivity index (χ3v) is 4.53. The van der Waals surface area contributed by atoms with Crippen LogP contribution in [0.25, 0.3) is 0 Å². The van der Waals surface area contributed by atoms with Gasteiger partial charge in [-0.25, -0.2) is 4.99 Å². The van der Waals surface area contributed by atoms with Crippen LogP contribution in [0.3, 0.4) is 0 Å². The van der Waals surface area contributed by atoms with Crippen molar-refractivity contribution in [2.75, 3.05) is 33.2 Å². The van der Waals surface area contributed by atoms with Crippen LogP contribution in [-0.4, -0.2) is 44.1 Å². The Kier molecular flexibility index (Phi) is 10.3. The van der Waals surface area contributed by atoms with Gasteiger partial charge in [-0.1, -0.05) is 31.2 Å². The van der Waals surface area contributed by atoms with Gasteiger partial charge in [0.15, 0.2) is 5.96 Å². The largest absolute Gasteiger partial charge is 0.357 e. The Bertz CT molecular complexity index is 504. The van der Waals surface area contributed by atoms with Crippen molar-refractivity contribution in [2.45, 2.75) is 39.7 Å². The highest BCUT2D eigenvalue weighted by atomic mass is 127. The van der Waals surface area contributed by atoms with Crippen LogP contribution in [-0.2, 0) is 13.0 Å². The Morgan fingerprint density at radius 2 is 1.96 bits per heavy atom. The summed E-state index contributed by atoms with van der Waals surface area (Å²) in [5, 5.41) is 6.90. The second-order valence-corrected chi connectivity index (χ2v) is 6.47. The van der Waals surface area contributed by atoms with Crippen molar-refractivity contribution in [1.82, 2.24) is 15.5 Å². The molecule has 0 spiro atoms. The summed E-state index contributed by atoms with van der Waals surface area (Å²) in [7, 11) is 2.22. The summed E-state index contributed by atoms with van der Waals surface area (Å²) < 4.78 is 0. The molecule has 1 heterocycles. The van der Waals surface area contributed by atoms with Crippen molar-refractivity contribution in [3.8, 4) is 0 Å². The van der Waals surface area contributed by atoms with Crippen LogP contribution >= 0.6 is 24.0 Å². The third-order valence-electron chi connectivity index (χ3n) is 4.53. The Hall–Kier alpha value is -0.820. The van der Waals surface area contributed by atoms with Gasteiger partial charge in [-0.3, -0.25) is 0 Å². The molecule has 1 unspecified atom stereocenters. The highest BCUT2D eigenvalue weighted by Gasteiger charge is 2.17. The second kappa shape index (κ2) is 11.7. The van der Waals surface area contributed by atoms with Crippen molar-refractivity contribution in [2.24, 2.45) is 10.9 Å². The van der Waals surface area contributed by atoms with Crippen molar-refractivity contribution in [3.63, 3.8) is 0 Å². The van der Waals surface area contributed by atoms with Crippen molar-refractivity contribution in [3.05, 3.63) is 35.4 Å². The minimum atomic E-state index is 0. The van der Waals surface area contributed by atoms with Gasteiger partial charge in [-0.15, -0.1) is 24.0 Å². The molecule has 1 atom stereocenters. The first-order chi connectivity index (χ1) is 11.2. The van der Waals surface area contributed by atoms with E-state index in [2.05, 4.69) is 60.7 Å². The molecule has 0 aromatic heterocycles. The van der Waals surface area contributed by atoms with Crippen LogP contribution in [0.2, 0.25) is 0 Å². The molecule has 2 rings (SSSR count). The number of benzene rings is 1. The van der Waals surface area contributed by atoms with Gasteiger partial charge in [0.05, 0.1) is 6.54 Å². The van der Waals surface area contributed by atoms with E-state index < -0.39 is 0 Å². The molecular formula is C19H33IN4. The first-order valence-electron chi connectivity index (χ1n) is 9.00. The Morgan fingerprint density at radius 1 is 1.21 bits per heavy atom. The molecule has 1 aliphatic rings. The van der Waals surface area contributed by atoms with Crippen molar-refractivity contribution in [1.29, 1.82) is 0 Å². The first kappa shape index (κ1) is 21.2. The maximum Gasteiger partial charge on any atom is 0.191 e. The molecule has 136 valence electrons. The average Bonchev–Trinajstić information content (AvgIpc) is 2.57. The van der Waals surface area contributed by atoms with E-state index in [1.807, 2.05) is 0 Å². The molecule has 0 aliphatic carbocycles. The van der Waals surface area contributed by atoms with Crippen LogP contribution in [0.5, 0.6) is 0 Å². The van der Waals surface area contributed by atoms with Gasteiger partial charge in [0.25, 0.3) is 0 Å². The topological polar surface area (TPSA) is 39.7 Å². The Labute approximate surface area is 164 Å². The van der Waals surface area contributed by atoms with Gasteiger partial charge < -0.3 is 15.5 Å². The van der Waals surface area contributed by atoms with E-state index in [0.29, 0.717) is 0 Å². The van der Waals surface area contributed by atoms with Gasteiger partial charge in [0.1, 0.15) is 0 Å². The molecule has 5 heteroatoms. The average molecular weight is 444 g/mol. The van der Waals surface area contributed by atoms with Crippen LogP contribution in [0, 0.1) is 5.92 Å². The van der Waals surface area contributed by atoms with Gasteiger partial charge >= 0.3 is 0 Å². The van der Waals surface area contributed by atoms with Gasteiger partial charge in [0, 0.05) is 19.6 Å². The molecular weight excluding hydrogens is 411 g/mol. The number of hydrogen-bond acceptors (Lipinski definition) is 2. The second-order valence-electron chi connectivity index (χ2n) is 6.47. The maximum absolute atomic E-state index is 4.78. The Balaban J connectivity index is 0.00000288. The summed E-state index contributed by atoms with van der Waals surface area (Å²) in [6.45, 7) is 9.38. The normalized spacial score (nSPS) is 18.8. The molecule has 0 bridgehead atoms. The Morgan fingerprint density at radius 3 is 2.62 bits per heavy atom. The lowest BCUT2D eigenvalue weighted by molar-refractivity contribution is 0.210. The van der Waals surface area contributed by atoms with Gasteiger partial charge in [-0.05, 0) is 56.8 Å². The summed E-state index contributed by atoms with van der Waals surface area (Å²) in [4.78, 5) is 7.20. The van der Waals surface area contributed by atoms with Gasteiger partial charge in [0.2, 0.25) is 0 Å². The van der Waals surface area contributed by atoms with Gasteiger partial charge in [-0.2, -0.15) is 0 Å². The fourth-order valence-corrected chi connectivity index (χ4v) is 3.24. The van der Waals surface area contributed by atoms with E-state index in [9.17, 15) is 0 Å². The molecule has 0 radical (unpaired) electrons. The zero-order valence-electron chi connectivity index (χ0n) is 15.3. The minimum absolute atomic E-state index is 0. The van der Waals surface area contributed by atoms with Crippen LogP contribution in [0.15, 0.2) is 29.3 Å². The molecule has 1 aliphatic heterocycles. The highest BCUT2D eigenvalue weighted by molar-refractivity contribution is 14.0. The summed E-state index contributed by atoms with van der Waals surface area (Å²) >= 11 is 0. The maximum atomic E-state index is 4.78. The molecule has 0 amide bonds. The predicted octanol–water partition coefficient (Wildman–Crippen LogP) is 3.26. The monoisotopic (exact) mass is 444 g/mol. The lowest BCUT2D eigenvalue weighted by Gasteiger charge is -2.30. The molecule has 2 N–H and O–H groups in total. The molecule has 1 aromatic carbocycles. The number of aryl methyl sites for hydroxylation is 1. The quantitative estimate of drug-likeness (QED) is 0.402. The number of likely N-dealkylation sites (tertiary alicyclic amines) is 1. The smallest absolute Gasteiger partial charge is 0.191 e. The number of guanidine groups is 1. The minimum Gasteiger partial charge on any atom is -0.357 e. The van der Waals surface area contributed by atoms with E-state index >= 15 is 0 Å². The molecule has 24 heavy (non-hydrogen) atoms. The lowest BCUT2D eigenvalue weighted by Crippen LogP contribution is -2.43. The fraction of sp³-hybridized carbons (Fsp3) is 0.632. The number of rotatable bonds is 6. The number of aliphatic imine (C=N–C) groups is 1.